The second kappa shape index (κ2) is 8.50. The molecule has 0 aliphatic carbocycles. The first-order valence-electron chi connectivity index (χ1n) is 10.8. The fraction of sp³-hybridized carbons (Fsp3) is 0.455. The van der Waals surface area contributed by atoms with Crippen LogP contribution in [0.4, 0.5) is 11.8 Å². The number of ether oxygens (including phenoxy) is 1. The molecule has 5 rings (SSSR count). The molecule has 0 saturated carbocycles. The molecule has 0 spiro atoms. The molecular weight excluding hydrogens is 394 g/mol. The third-order valence-electron chi connectivity index (χ3n) is 5.91. The number of amides is 1. The van der Waals surface area contributed by atoms with E-state index >= 15 is 0 Å². The van der Waals surface area contributed by atoms with E-state index in [0.29, 0.717) is 19.6 Å². The summed E-state index contributed by atoms with van der Waals surface area (Å²) in [7, 11) is 0. The van der Waals surface area contributed by atoms with Gasteiger partial charge in [0.2, 0.25) is 11.9 Å². The number of nitrogens with zero attached hydrogens (tertiary/aromatic N) is 7. The Balaban J connectivity index is 1.23. The number of fused-ring (bicyclic) bond motifs is 1. The average molecular weight is 422 g/mol. The number of carbonyl (C=O) groups excluding carboxylic acids is 1. The Hall–Kier alpha value is -3.20. The Morgan fingerprint density at radius 2 is 1.77 bits per heavy atom. The van der Waals surface area contributed by atoms with E-state index in [0.717, 1.165) is 67.9 Å². The molecular formula is C22H27N7O2. The van der Waals surface area contributed by atoms with E-state index in [-0.39, 0.29) is 5.91 Å². The predicted octanol–water partition coefficient (Wildman–Crippen LogP) is 1.32. The van der Waals surface area contributed by atoms with E-state index in [4.69, 9.17) is 9.72 Å². The number of para-hydroxylation sites is 2. The number of piperazine rings is 1. The molecule has 0 bridgehead atoms. The maximum Gasteiger partial charge on any atom is 0.242 e. The SMILES string of the molecule is Cc1cc(N2CCOCC2)nc(N2CCN(C(=O)Cn3cnc4ccccc43)CC2)n1. The van der Waals surface area contributed by atoms with E-state index in [1.54, 1.807) is 6.33 Å². The number of benzene rings is 1. The van der Waals surface area contributed by atoms with Crippen LogP contribution in [-0.2, 0) is 16.1 Å². The van der Waals surface area contributed by atoms with Gasteiger partial charge in [0.05, 0.1) is 30.6 Å². The second-order valence-electron chi connectivity index (χ2n) is 8.00. The highest BCUT2D eigenvalue weighted by molar-refractivity contribution is 5.80. The molecule has 4 heterocycles. The molecule has 162 valence electrons. The monoisotopic (exact) mass is 421 g/mol. The first kappa shape index (κ1) is 19.7. The van der Waals surface area contributed by atoms with Crippen molar-refractivity contribution in [1.29, 1.82) is 0 Å². The van der Waals surface area contributed by atoms with Gasteiger partial charge in [-0.25, -0.2) is 9.97 Å². The lowest BCUT2D eigenvalue weighted by atomic mass is 10.3. The van der Waals surface area contributed by atoms with Crippen molar-refractivity contribution in [2.24, 2.45) is 0 Å². The highest BCUT2D eigenvalue weighted by Gasteiger charge is 2.24. The summed E-state index contributed by atoms with van der Waals surface area (Å²) in [5.41, 5.74) is 2.85. The maximum atomic E-state index is 12.9. The van der Waals surface area contributed by atoms with Crippen LogP contribution in [-0.4, -0.2) is 82.8 Å². The quantitative estimate of drug-likeness (QED) is 0.629. The molecule has 2 aromatic heterocycles. The summed E-state index contributed by atoms with van der Waals surface area (Å²) in [6.45, 7) is 8.24. The zero-order chi connectivity index (χ0) is 21.2. The number of carbonyl (C=O) groups is 1. The van der Waals surface area contributed by atoms with Crippen LogP contribution in [0.15, 0.2) is 36.7 Å². The number of hydrogen-bond donors (Lipinski definition) is 0. The van der Waals surface area contributed by atoms with Gasteiger partial charge in [0.25, 0.3) is 0 Å². The molecule has 0 unspecified atom stereocenters. The average Bonchev–Trinajstić information content (AvgIpc) is 3.22. The second-order valence-corrected chi connectivity index (χ2v) is 8.00. The van der Waals surface area contributed by atoms with Crippen LogP contribution in [0.2, 0.25) is 0 Å². The lowest BCUT2D eigenvalue weighted by Crippen LogP contribution is -2.50. The van der Waals surface area contributed by atoms with Crippen molar-refractivity contribution in [3.05, 3.63) is 42.4 Å². The summed E-state index contributed by atoms with van der Waals surface area (Å²) < 4.78 is 7.37. The standard InChI is InChI=1S/C22H27N7O2/c1-17-14-20(26-10-12-31-13-11-26)25-22(24-17)28-8-6-27(7-9-28)21(30)15-29-16-23-18-4-2-3-5-19(18)29/h2-5,14,16H,6-13,15H2,1H3. The molecule has 1 aromatic carbocycles. The van der Waals surface area contributed by atoms with E-state index in [9.17, 15) is 4.79 Å². The lowest BCUT2D eigenvalue weighted by molar-refractivity contribution is -0.132. The predicted molar refractivity (Wildman–Crippen MR) is 118 cm³/mol. The number of rotatable bonds is 4. The van der Waals surface area contributed by atoms with E-state index < -0.39 is 0 Å². The summed E-state index contributed by atoms with van der Waals surface area (Å²) >= 11 is 0. The summed E-state index contributed by atoms with van der Waals surface area (Å²) in [6.07, 6.45) is 1.74. The van der Waals surface area contributed by atoms with Gasteiger partial charge in [-0.1, -0.05) is 12.1 Å². The van der Waals surface area contributed by atoms with E-state index in [1.165, 1.54) is 0 Å². The Morgan fingerprint density at radius 1 is 1.00 bits per heavy atom. The van der Waals surface area contributed by atoms with Crippen molar-refractivity contribution in [2.75, 3.05) is 62.3 Å². The maximum absolute atomic E-state index is 12.9. The zero-order valence-electron chi connectivity index (χ0n) is 17.8. The molecule has 2 aliphatic heterocycles. The molecule has 2 saturated heterocycles. The number of hydrogen-bond acceptors (Lipinski definition) is 7. The van der Waals surface area contributed by atoms with Crippen molar-refractivity contribution in [2.45, 2.75) is 13.5 Å². The Morgan fingerprint density at radius 3 is 2.58 bits per heavy atom. The van der Waals surface area contributed by atoms with Crippen LogP contribution >= 0.6 is 0 Å². The molecule has 9 nitrogen and oxygen atoms in total. The summed E-state index contributed by atoms with van der Waals surface area (Å²) in [6, 6.07) is 9.91. The molecule has 2 fully saturated rings. The van der Waals surface area contributed by atoms with E-state index in [1.807, 2.05) is 46.7 Å². The first-order chi connectivity index (χ1) is 15.2. The van der Waals surface area contributed by atoms with Crippen LogP contribution in [0.1, 0.15) is 5.69 Å². The van der Waals surface area contributed by atoms with Crippen LogP contribution in [0, 0.1) is 6.92 Å². The lowest BCUT2D eigenvalue weighted by Gasteiger charge is -2.35. The molecule has 1 amide bonds. The van der Waals surface area contributed by atoms with Gasteiger partial charge in [-0.2, -0.15) is 4.98 Å². The summed E-state index contributed by atoms with van der Waals surface area (Å²) in [5.74, 6) is 1.81. The molecule has 31 heavy (non-hydrogen) atoms. The number of anilines is 2. The van der Waals surface area contributed by atoms with Crippen LogP contribution in [0.25, 0.3) is 11.0 Å². The van der Waals surface area contributed by atoms with Crippen molar-refractivity contribution >= 4 is 28.7 Å². The molecule has 0 radical (unpaired) electrons. The third-order valence-corrected chi connectivity index (χ3v) is 5.91. The minimum Gasteiger partial charge on any atom is -0.378 e. The van der Waals surface area contributed by atoms with Crippen LogP contribution in [0.5, 0.6) is 0 Å². The van der Waals surface area contributed by atoms with Gasteiger partial charge in [0.1, 0.15) is 12.4 Å². The summed E-state index contributed by atoms with van der Waals surface area (Å²) in [4.78, 5) is 33.1. The van der Waals surface area contributed by atoms with Gasteiger partial charge in [-0.15, -0.1) is 0 Å². The van der Waals surface area contributed by atoms with E-state index in [2.05, 4.69) is 19.8 Å². The van der Waals surface area contributed by atoms with Gasteiger partial charge < -0.3 is 24.0 Å². The Kier molecular flexibility index (Phi) is 5.42. The van der Waals surface area contributed by atoms with Gasteiger partial charge >= 0.3 is 0 Å². The topological polar surface area (TPSA) is 79.6 Å². The normalized spacial score (nSPS) is 17.4. The van der Waals surface area contributed by atoms with Gasteiger partial charge in [0, 0.05) is 51.0 Å². The number of imidazole rings is 1. The van der Waals surface area contributed by atoms with Crippen molar-refractivity contribution in [3.8, 4) is 0 Å². The van der Waals surface area contributed by atoms with Gasteiger partial charge in [-0.3, -0.25) is 4.79 Å². The molecule has 9 heteroatoms. The number of morpholine rings is 1. The fourth-order valence-electron chi connectivity index (χ4n) is 4.17. The zero-order valence-corrected chi connectivity index (χ0v) is 17.8. The van der Waals surface area contributed by atoms with Crippen LogP contribution in [0.3, 0.4) is 0 Å². The summed E-state index contributed by atoms with van der Waals surface area (Å²) in [5, 5.41) is 0. The fourth-order valence-corrected chi connectivity index (χ4v) is 4.17. The molecule has 2 aliphatic rings. The minimum atomic E-state index is 0.113. The largest absolute Gasteiger partial charge is 0.378 e. The van der Waals surface area contributed by atoms with Gasteiger partial charge in [0.15, 0.2) is 0 Å². The van der Waals surface area contributed by atoms with Gasteiger partial charge in [-0.05, 0) is 19.1 Å². The van der Waals surface area contributed by atoms with Crippen molar-refractivity contribution < 1.29 is 9.53 Å². The van der Waals surface area contributed by atoms with Crippen molar-refractivity contribution in [3.63, 3.8) is 0 Å². The molecule has 0 N–H and O–H groups in total. The smallest absolute Gasteiger partial charge is 0.242 e. The Labute approximate surface area is 181 Å². The minimum absolute atomic E-state index is 0.113. The Bertz CT molecular complexity index is 1070. The highest BCUT2D eigenvalue weighted by atomic mass is 16.5. The number of aryl methyl sites for hydroxylation is 1. The third kappa shape index (κ3) is 4.18. The molecule has 3 aromatic rings. The molecule has 0 atom stereocenters. The number of aromatic nitrogens is 4. The first-order valence-corrected chi connectivity index (χ1v) is 10.8. The highest BCUT2D eigenvalue weighted by Crippen LogP contribution is 2.20. The van der Waals surface area contributed by atoms with Crippen molar-refractivity contribution in [1.82, 2.24) is 24.4 Å². The van der Waals surface area contributed by atoms with Crippen LogP contribution < -0.4 is 9.80 Å².